The Morgan fingerprint density at radius 1 is 1.06 bits per heavy atom. The van der Waals surface area contributed by atoms with Crippen molar-refractivity contribution in [3.8, 4) is 0 Å². The summed E-state index contributed by atoms with van der Waals surface area (Å²) in [4.78, 5) is 13.7. The van der Waals surface area contributed by atoms with Crippen LogP contribution in [0.25, 0.3) is 0 Å². The predicted octanol–water partition coefficient (Wildman–Crippen LogP) is 1.30. The van der Waals surface area contributed by atoms with Crippen molar-refractivity contribution in [1.82, 2.24) is 10.2 Å². The van der Waals surface area contributed by atoms with E-state index in [4.69, 9.17) is 4.74 Å². The lowest BCUT2D eigenvalue weighted by Crippen LogP contribution is -2.48. The van der Waals surface area contributed by atoms with Crippen molar-refractivity contribution in [1.29, 1.82) is 0 Å². The summed E-state index contributed by atoms with van der Waals surface area (Å²) in [5.41, 5.74) is 0. The van der Waals surface area contributed by atoms with Crippen LogP contribution in [0.3, 0.4) is 0 Å². The molecule has 102 valence electrons. The second kappa shape index (κ2) is 5.17. The van der Waals surface area contributed by atoms with E-state index in [0.717, 1.165) is 38.8 Å². The molecule has 4 nitrogen and oxygen atoms in total. The Hall–Kier alpha value is -0.610. The Bertz CT molecular complexity index is 301. The minimum absolute atomic E-state index is 0.253. The van der Waals surface area contributed by atoms with Crippen molar-refractivity contribution < 1.29 is 9.53 Å². The summed E-state index contributed by atoms with van der Waals surface area (Å²) in [5.74, 6) is 0.253. The summed E-state index contributed by atoms with van der Waals surface area (Å²) >= 11 is 0. The average Bonchev–Trinajstić information content (AvgIpc) is 2.63. The molecule has 3 aliphatic rings. The van der Waals surface area contributed by atoms with Crippen LogP contribution in [0.2, 0.25) is 0 Å². The van der Waals surface area contributed by atoms with Gasteiger partial charge < -0.3 is 15.0 Å². The number of nitrogens with one attached hydrogen (secondary N) is 1. The number of amides is 1. The summed E-state index contributed by atoms with van der Waals surface area (Å²) in [7, 11) is 0. The Morgan fingerprint density at radius 2 is 1.67 bits per heavy atom. The number of hydrogen-bond donors (Lipinski definition) is 1. The van der Waals surface area contributed by atoms with E-state index >= 15 is 0 Å². The fraction of sp³-hybridized carbons (Fsp3) is 0.929. The van der Waals surface area contributed by atoms with Gasteiger partial charge in [-0.3, -0.25) is 4.79 Å². The lowest BCUT2D eigenvalue weighted by Gasteiger charge is -2.40. The molecular weight excluding hydrogens is 228 g/mol. The molecule has 0 aromatic heterocycles. The average molecular weight is 252 g/mol. The number of piperidine rings is 2. The Labute approximate surface area is 109 Å². The largest absolute Gasteiger partial charge is 0.375 e. The molecule has 3 rings (SSSR count). The lowest BCUT2D eigenvalue weighted by molar-refractivity contribution is -0.137. The molecule has 3 heterocycles. The van der Waals surface area contributed by atoms with Gasteiger partial charge in [-0.25, -0.2) is 0 Å². The first-order valence-electron chi connectivity index (χ1n) is 7.39. The van der Waals surface area contributed by atoms with Crippen molar-refractivity contribution in [3.63, 3.8) is 0 Å². The smallest absolute Gasteiger partial charge is 0.219 e. The summed E-state index contributed by atoms with van der Waals surface area (Å²) in [6.45, 7) is 3.88. The van der Waals surface area contributed by atoms with E-state index in [0.29, 0.717) is 24.3 Å². The van der Waals surface area contributed by atoms with Crippen LogP contribution in [-0.2, 0) is 9.53 Å². The predicted molar refractivity (Wildman–Crippen MR) is 69.3 cm³/mol. The first kappa shape index (κ1) is 12.4. The fourth-order valence-corrected chi connectivity index (χ4v) is 3.96. The first-order valence-corrected chi connectivity index (χ1v) is 7.39. The molecule has 18 heavy (non-hydrogen) atoms. The molecule has 0 aromatic rings. The zero-order chi connectivity index (χ0) is 12.5. The minimum Gasteiger partial charge on any atom is -0.375 e. The standard InChI is InChI=1S/C14H24N2O2/c1-10(17)16-11-2-3-12(16)9-14(8-11)18-13-4-6-15-7-5-13/h11-15H,2-9H2,1H3. The fourth-order valence-electron chi connectivity index (χ4n) is 3.96. The second-order valence-electron chi connectivity index (χ2n) is 5.99. The van der Waals surface area contributed by atoms with Gasteiger partial charge in [-0.1, -0.05) is 0 Å². The number of hydrogen-bond acceptors (Lipinski definition) is 3. The number of carbonyl (C=O) groups is 1. The van der Waals surface area contributed by atoms with Crippen molar-refractivity contribution >= 4 is 5.91 Å². The Morgan fingerprint density at radius 3 is 2.22 bits per heavy atom. The molecule has 3 aliphatic heterocycles. The number of ether oxygens (including phenoxy) is 1. The van der Waals surface area contributed by atoms with Crippen LogP contribution in [-0.4, -0.2) is 48.2 Å². The van der Waals surface area contributed by atoms with Gasteiger partial charge in [-0.15, -0.1) is 0 Å². The van der Waals surface area contributed by atoms with E-state index in [1.54, 1.807) is 6.92 Å². The molecule has 0 radical (unpaired) electrons. The van der Waals surface area contributed by atoms with Crippen LogP contribution >= 0.6 is 0 Å². The molecule has 4 heteroatoms. The summed E-state index contributed by atoms with van der Waals surface area (Å²) in [6, 6.07) is 0.904. The maximum Gasteiger partial charge on any atom is 0.219 e. The van der Waals surface area contributed by atoms with Crippen molar-refractivity contribution in [2.24, 2.45) is 0 Å². The SMILES string of the molecule is CC(=O)N1C2CCC1CC(OC1CCNCC1)C2. The van der Waals surface area contributed by atoms with Crippen LogP contribution in [0.15, 0.2) is 0 Å². The van der Waals surface area contributed by atoms with Crippen molar-refractivity contribution in [2.75, 3.05) is 13.1 Å². The Kier molecular flexibility index (Phi) is 3.57. The van der Waals surface area contributed by atoms with Gasteiger partial charge in [0.25, 0.3) is 0 Å². The zero-order valence-electron chi connectivity index (χ0n) is 11.2. The van der Waals surface area contributed by atoms with E-state index in [1.807, 2.05) is 0 Å². The van der Waals surface area contributed by atoms with Gasteiger partial charge in [0, 0.05) is 19.0 Å². The zero-order valence-corrected chi connectivity index (χ0v) is 11.2. The second-order valence-corrected chi connectivity index (χ2v) is 5.99. The first-order chi connectivity index (χ1) is 8.74. The maximum atomic E-state index is 11.6. The molecule has 2 atom stereocenters. The highest BCUT2D eigenvalue weighted by Gasteiger charge is 2.42. The highest BCUT2D eigenvalue weighted by atomic mass is 16.5. The summed E-state index contributed by atoms with van der Waals surface area (Å²) < 4.78 is 6.26. The van der Waals surface area contributed by atoms with Crippen LogP contribution in [0.5, 0.6) is 0 Å². The van der Waals surface area contributed by atoms with Gasteiger partial charge in [-0.05, 0) is 51.6 Å². The molecule has 2 bridgehead atoms. The highest BCUT2D eigenvalue weighted by molar-refractivity contribution is 5.74. The maximum absolute atomic E-state index is 11.6. The van der Waals surface area contributed by atoms with Crippen molar-refractivity contribution in [3.05, 3.63) is 0 Å². The third-order valence-electron chi connectivity index (χ3n) is 4.72. The van der Waals surface area contributed by atoms with Gasteiger partial charge in [0.15, 0.2) is 0 Å². The third-order valence-corrected chi connectivity index (χ3v) is 4.72. The minimum atomic E-state index is 0.253. The molecule has 0 saturated carbocycles. The summed E-state index contributed by atoms with van der Waals surface area (Å²) in [6.07, 6.45) is 7.58. The highest BCUT2D eigenvalue weighted by Crippen LogP contribution is 2.37. The molecule has 3 saturated heterocycles. The van der Waals surface area contributed by atoms with Gasteiger partial charge in [-0.2, -0.15) is 0 Å². The Balaban J connectivity index is 1.56. The molecule has 1 N–H and O–H groups in total. The molecule has 3 fully saturated rings. The summed E-state index contributed by atoms with van der Waals surface area (Å²) in [5, 5.41) is 3.37. The quantitative estimate of drug-likeness (QED) is 0.805. The van der Waals surface area contributed by atoms with Gasteiger partial charge in [0.1, 0.15) is 0 Å². The third kappa shape index (κ3) is 2.41. The van der Waals surface area contributed by atoms with Crippen LogP contribution in [0.4, 0.5) is 0 Å². The molecule has 0 aromatic carbocycles. The molecule has 0 aliphatic carbocycles. The van der Waals surface area contributed by atoms with Crippen LogP contribution in [0.1, 0.15) is 45.4 Å². The van der Waals surface area contributed by atoms with Gasteiger partial charge >= 0.3 is 0 Å². The van der Waals surface area contributed by atoms with Gasteiger partial charge in [0.05, 0.1) is 12.2 Å². The molecule has 0 spiro atoms. The number of nitrogens with zero attached hydrogens (tertiary/aromatic N) is 1. The van der Waals surface area contributed by atoms with Gasteiger partial charge in [0.2, 0.25) is 5.91 Å². The van der Waals surface area contributed by atoms with Crippen LogP contribution < -0.4 is 5.32 Å². The molecular formula is C14H24N2O2. The number of carbonyl (C=O) groups excluding carboxylic acids is 1. The normalized spacial score (nSPS) is 36.9. The van der Waals surface area contributed by atoms with E-state index in [-0.39, 0.29) is 5.91 Å². The number of rotatable bonds is 2. The van der Waals surface area contributed by atoms with Crippen molar-refractivity contribution in [2.45, 2.75) is 69.7 Å². The lowest BCUT2D eigenvalue weighted by atomic mass is 9.98. The molecule has 2 unspecified atom stereocenters. The van der Waals surface area contributed by atoms with Crippen LogP contribution in [0, 0.1) is 0 Å². The van der Waals surface area contributed by atoms with E-state index in [9.17, 15) is 4.79 Å². The van der Waals surface area contributed by atoms with E-state index in [1.165, 1.54) is 12.8 Å². The topological polar surface area (TPSA) is 41.6 Å². The van der Waals surface area contributed by atoms with E-state index < -0.39 is 0 Å². The number of fused-ring (bicyclic) bond motifs is 2. The molecule has 1 amide bonds. The monoisotopic (exact) mass is 252 g/mol. The van der Waals surface area contributed by atoms with E-state index in [2.05, 4.69) is 10.2 Å².